The second-order valence-corrected chi connectivity index (χ2v) is 8.84. The Labute approximate surface area is 188 Å². The third-order valence-corrected chi connectivity index (χ3v) is 6.98. The van der Waals surface area contributed by atoms with E-state index >= 15 is 0 Å². The number of benzene rings is 2. The molecule has 7 heteroatoms. The van der Waals surface area contributed by atoms with Crippen molar-refractivity contribution in [2.75, 3.05) is 11.4 Å². The minimum Gasteiger partial charge on any atom is -0.308 e. The molecule has 0 aliphatic heterocycles. The van der Waals surface area contributed by atoms with Crippen LogP contribution in [0.25, 0.3) is 21.0 Å². The molecular weight excluding hydrogens is 439 g/mol. The molecule has 0 spiro atoms. The molecule has 0 aliphatic carbocycles. The largest absolute Gasteiger partial charge is 0.308 e. The lowest BCUT2D eigenvalue weighted by atomic mass is 10.1. The van der Waals surface area contributed by atoms with E-state index in [2.05, 4.69) is 0 Å². The standard InChI is InChI=1S/C23H20Cl2N2O2S/c1-3-11-27(14-9-10-17(24)18(25)12-14)23(29)20-13-16-21(30-20)15-7-5-6-8-19(15)26(4-2)22(16)28/h5-10,12-13H,3-4,11H2,1-2H3. The van der Waals surface area contributed by atoms with Crippen molar-refractivity contribution in [3.05, 3.63) is 73.8 Å². The highest BCUT2D eigenvalue weighted by molar-refractivity contribution is 7.21. The molecule has 0 bridgehead atoms. The Bertz CT molecular complexity index is 1330. The zero-order valence-corrected chi connectivity index (χ0v) is 18.9. The Balaban J connectivity index is 1.88. The van der Waals surface area contributed by atoms with Gasteiger partial charge in [0, 0.05) is 28.9 Å². The van der Waals surface area contributed by atoms with Gasteiger partial charge in [-0.05, 0) is 43.7 Å². The zero-order valence-electron chi connectivity index (χ0n) is 16.6. The van der Waals surface area contributed by atoms with Crippen LogP contribution in [0.5, 0.6) is 0 Å². The average Bonchev–Trinajstić information content (AvgIpc) is 3.20. The summed E-state index contributed by atoms with van der Waals surface area (Å²) in [5, 5.41) is 2.40. The Kier molecular flexibility index (Phi) is 5.87. The number of hydrogen-bond donors (Lipinski definition) is 0. The number of anilines is 1. The molecule has 2 heterocycles. The lowest BCUT2D eigenvalue weighted by Crippen LogP contribution is -2.31. The van der Waals surface area contributed by atoms with Crippen LogP contribution in [0.1, 0.15) is 29.9 Å². The zero-order chi connectivity index (χ0) is 21.4. The number of hydrogen-bond acceptors (Lipinski definition) is 3. The van der Waals surface area contributed by atoms with Crippen LogP contribution in [0.4, 0.5) is 5.69 Å². The topological polar surface area (TPSA) is 42.3 Å². The van der Waals surface area contributed by atoms with E-state index in [1.54, 1.807) is 33.7 Å². The molecule has 2 aromatic heterocycles. The van der Waals surface area contributed by atoms with Crippen LogP contribution in [0.3, 0.4) is 0 Å². The summed E-state index contributed by atoms with van der Waals surface area (Å²) in [4.78, 5) is 28.7. The molecule has 0 atom stereocenters. The third kappa shape index (κ3) is 3.51. The minimum absolute atomic E-state index is 0.0712. The van der Waals surface area contributed by atoms with E-state index in [4.69, 9.17) is 23.2 Å². The molecule has 4 rings (SSSR count). The third-order valence-electron chi connectivity index (χ3n) is 5.08. The highest BCUT2D eigenvalue weighted by atomic mass is 35.5. The Morgan fingerprint density at radius 1 is 1.03 bits per heavy atom. The molecular formula is C23H20Cl2N2O2S. The van der Waals surface area contributed by atoms with Crippen molar-refractivity contribution < 1.29 is 4.79 Å². The van der Waals surface area contributed by atoms with E-state index in [1.807, 2.05) is 38.1 Å². The summed E-state index contributed by atoms with van der Waals surface area (Å²) < 4.78 is 2.59. The lowest BCUT2D eigenvalue weighted by molar-refractivity contribution is 0.0991. The molecule has 1 amide bonds. The first-order chi connectivity index (χ1) is 14.5. The normalized spacial score (nSPS) is 11.3. The summed E-state index contributed by atoms with van der Waals surface area (Å²) >= 11 is 13.6. The van der Waals surface area contributed by atoms with Crippen LogP contribution >= 0.6 is 34.5 Å². The molecule has 2 aromatic carbocycles. The summed E-state index contributed by atoms with van der Waals surface area (Å²) in [6.07, 6.45) is 0.780. The van der Waals surface area contributed by atoms with Crippen molar-refractivity contribution in [1.29, 1.82) is 0 Å². The smallest absolute Gasteiger partial charge is 0.268 e. The lowest BCUT2D eigenvalue weighted by Gasteiger charge is -2.22. The quantitative estimate of drug-likeness (QED) is 0.338. The van der Waals surface area contributed by atoms with Crippen LogP contribution < -0.4 is 10.5 Å². The van der Waals surface area contributed by atoms with Crippen molar-refractivity contribution in [1.82, 2.24) is 4.57 Å². The van der Waals surface area contributed by atoms with E-state index in [0.717, 1.165) is 22.0 Å². The summed E-state index contributed by atoms with van der Waals surface area (Å²) in [6.45, 7) is 5.06. The number of para-hydroxylation sites is 1. The van der Waals surface area contributed by atoms with Gasteiger partial charge in [-0.2, -0.15) is 0 Å². The maximum absolute atomic E-state index is 13.5. The maximum Gasteiger partial charge on any atom is 0.268 e. The number of pyridine rings is 1. The number of halogens is 2. The van der Waals surface area contributed by atoms with Gasteiger partial charge in [0.15, 0.2) is 0 Å². The fourth-order valence-corrected chi connectivity index (χ4v) is 5.11. The monoisotopic (exact) mass is 458 g/mol. The second kappa shape index (κ2) is 8.42. The number of carbonyl (C=O) groups is 1. The molecule has 0 saturated heterocycles. The first-order valence-corrected chi connectivity index (χ1v) is 11.4. The van der Waals surface area contributed by atoms with Crippen LogP contribution in [-0.2, 0) is 6.54 Å². The van der Waals surface area contributed by atoms with Crippen molar-refractivity contribution >= 4 is 67.1 Å². The van der Waals surface area contributed by atoms with Crippen molar-refractivity contribution in [2.45, 2.75) is 26.8 Å². The van der Waals surface area contributed by atoms with Crippen LogP contribution in [0, 0.1) is 0 Å². The van der Waals surface area contributed by atoms with Gasteiger partial charge in [-0.25, -0.2) is 0 Å². The van der Waals surface area contributed by atoms with Crippen LogP contribution in [0.2, 0.25) is 10.0 Å². The highest BCUT2D eigenvalue weighted by Crippen LogP contribution is 2.33. The van der Waals surface area contributed by atoms with E-state index in [-0.39, 0.29) is 11.5 Å². The summed E-state index contributed by atoms with van der Waals surface area (Å²) in [5.74, 6) is -0.150. The van der Waals surface area contributed by atoms with Crippen molar-refractivity contribution in [3.8, 4) is 0 Å². The Hall–Kier alpha value is -2.34. The number of carbonyl (C=O) groups excluding carboxylic acids is 1. The van der Waals surface area contributed by atoms with E-state index in [0.29, 0.717) is 39.1 Å². The molecule has 4 aromatic rings. The molecule has 4 nitrogen and oxygen atoms in total. The predicted molar refractivity (Wildman–Crippen MR) is 128 cm³/mol. The maximum atomic E-state index is 13.5. The van der Waals surface area contributed by atoms with Crippen molar-refractivity contribution in [3.63, 3.8) is 0 Å². The molecule has 0 N–H and O–H groups in total. The number of thiophene rings is 1. The highest BCUT2D eigenvalue weighted by Gasteiger charge is 2.22. The number of nitrogens with zero attached hydrogens (tertiary/aromatic N) is 2. The number of aromatic nitrogens is 1. The van der Waals surface area contributed by atoms with E-state index < -0.39 is 0 Å². The number of rotatable bonds is 5. The first-order valence-electron chi connectivity index (χ1n) is 9.78. The van der Waals surface area contributed by atoms with Crippen LogP contribution in [0.15, 0.2) is 53.3 Å². The summed E-state index contributed by atoms with van der Waals surface area (Å²) in [7, 11) is 0. The molecule has 0 unspecified atom stereocenters. The second-order valence-electron chi connectivity index (χ2n) is 6.98. The van der Waals surface area contributed by atoms with Gasteiger partial charge in [0.1, 0.15) is 0 Å². The first kappa shape index (κ1) is 20.9. The molecule has 154 valence electrons. The van der Waals surface area contributed by atoms with Gasteiger partial charge in [-0.15, -0.1) is 11.3 Å². The average molecular weight is 459 g/mol. The predicted octanol–water partition coefficient (Wildman–Crippen LogP) is 6.60. The molecule has 0 radical (unpaired) electrons. The Morgan fingerprint density at radius 2 is 1.80 bits per heavy atom. The van der Waals surface area contributed by atoms with Gasteiger partial charge in [0.25, 0.3) is 11.5 Å². The number of aryl methyl sites for hydroxylation is 1. The van der Waals surface area contributed by atoms with Crippen LogP contribution in [-0.4, -0.2) is 17.0 Å². The Morgan fingerprint density at radius 3 is 2.50 bits per heavy atom. The van der Waals surface area contributed by atoms with Gasteiger partial charge in [-0.1, -0.05) is 48.3 Å². The van der Waals surface area contributed by atoms with Gasteiger partial charge in [0.05, 0.1) is 25.8 Å². The van der Waals surface area contributed by atoms with E-state index in [1.165, 1.54) is 11.3 Å². The molecule has 0 saturated carbocycles. The molecule has 0 aliphatic rings. The van der Waals surface area contributed by atoms with Gasteiger partial charge in [0.2, 0.25) is 0 Å². The van der Waals surface area contributed by atoms with Gasteiger partial charge < -0.3 is 9.47 Å². The van der Waals surface area contributed by atoms with Gasteiger partial charge in [-0.3, -0.25) is 9.59 Å². The fourth-order valence-electron chi connectivity index (χ4n) is 3.68. The summed E-state index contributed by atoms with van der Waals surface area (Å²) in [6, 6.07) is 14.7. The SMILES string of the molecule is CCCN(C(=O)c1cc2c(=O)n(CC)c3ccccc3c2s1)c1ccc(Cl)c(Cl)c1. The number of fused-ring (bicyclic) bond motifs is 3. The summed E-state index contributed by atoms with van der Waals surface area (Å²) in [5.41, 5.74) is 1.50. The molecule has 30 heavy (non-hydrogen) atoms. The fraction of sp³-hybridized carbons (Fsp3) is 0.217. The molecule has 0 fully saturated rings. The van der Waals surface area contributed by atoms with Gasteiger partial charge >= 0.3 is 0 Å². The number of amides is 1. The van der Waals surface area contributed by atoms with Crippen molar-refractivity contribution in [2.24, 2.45) is 0 Å². The van der Waals surface area contributed by atoms with E-state index in [9.17, 15) is 9.59 Å². The minimum atomic E-state index is -0.150.